The van der Waals surface area contributed by atoms with Crippen molar-refractivity contribution in [2.45, 2.75) is 58.3 Å². The van der Waals surface area contributed by atoms with E-state index in [0.717, 1.165) is 18.8 Å². The molecule has 6 nitrogen and oxygen atoms in total. The van der Waals surface area contributed by atoms with Gasteiger partial charge in [0.1, 0.15) is 0 Å². The highest BCUT2D eigenvalue weighted by Crippen LogP contribution is 2.44. The van der Waals surface area contributed by atoms with E-state index in [9.17, 15) is 4.79 Å². The Bertz CT molecular complexity index is 506. The van der Waals surface area contributed by atoms with Gasteiger partial charge in [0.25, 0.3) is 5.91 Å². The van der Waals surface area contributed by atoms with E-state index in [4.69, 9.17) is 19.3 Å². The molecule has 2 fully saturated rings. The summed E-state index contributed by atoms with van der Waals surface area (Å²) >= 11 is 0. The molecule has 2 N–H and O–H groups in total. The monoisotopic (exact) mass is 367 g/mol. The Hall–Kier alpha value is -1.11. The molecule has 1 heterocycles. The lowest BCUT2D eigenvalue weighted by Crippen LogP contribution is -2.41. The molecule has 0 radical (unpaired) electrons. The van der Waals surface area contributed by atoms with E-state index in [1.54, 1.807) is 0 Å². The molecule has 0 spiro atoms. The van der Waals surface area contributed by atoms with Crippen LogP contribution in [0.5, 0.6) is 0 Å². The van der Waals surface area contributed by atoms with Crippen molar-refractivity contribution in [2.75, 3.05) is 26.4 Å². The average molecular weight is 367 g/mol. The molecule has 2 aliphatic carbocycles. The zero-order valence-corrected chi connectivity index (χ0v) is 16.0. The first-order valence-electron chi connectivity index (χ1n) is 10.1. The first-order valence-corrected chi connectivity index (χ1v) is 10.1. The molecule has 1 amide bonds. The van der Waals surface area contributed by atoms with Gasteiger partial charge in [0.05, 0.1) is 26.4 Å². The summed E-state index contributed by atoms with van der Waals surface area (Å²) in [5.74, 6) is 2.42. The topological polar surface area (TPSA) is 77.0 Å². The van der Waals surface area contributed by atoms with Gasteiger partial charge in [0.15, 0.2) is 5.76 Å². The van der Waals surface area contributed by atoms with Crippen LogP contribution in [0.25, 0.3) is 0 Å². The third-order valence-corrected chi connectivity index (χ3v) is 5.99. The molecule has 26 heavy (non-hydrogen) atoms. The van der Waals surface area contributed by atoms with Gasteiger partial charge in [-0.05, 0) is 49.0 Å². The summed E-state index contributed by atoms with van der Waals surface area (Å²) in [6.07, 6.45) is 7.21. The van der Waals surface area contributed by atoms with Gasteiger partial charge < -0.3 is 24.6 Å². The molecule has 0 saturated heterocycles. The van der Waals surface area contributed by atoms with Crippen molar-refractivity contribution in [1.82, 2.24) is 5.32 Å². The van der Waals surface area contributed by atoms with Gasteiger partial charge in [0, 0.05) is 12.5 Å². The van der Waals surface area contributed by atoms with E-state index in [0.29, 0.717) is 43.5 Å². The van der Waals surface area contributed by atoms with E-state index >= 15 is 0 Å². The summed E-state index contributed by atoms with van der Waals surface area (Å²) < 4.78 is 16.8. The smallest absolute Gasteiger partial charge is 0.286 e. The van der Waals surface area contributed by atoms with Crippen LogP contribution < -0.4 is 5.32 Å². The minimum Gasteiger partial charge on any atom is -0.459 e. The van der Waals surface area contributed by atoms with E-state index in [1.165, 1.54) is 19.3 Å². The van der Waals surface area contributed by atoms with Gasteiger partial charge >= 0.3 is 0 Å². The standard InChI is InChI=1S/C20H33NO5/c1-13(2)16-11-18(26-19(12-16)25-8-7-24-6-5-22)20(23)21-17-10-14-3-4-15(17)9-14/h11,13-17,19,22H,3-10,12H2,1-2H3,(H,21,23)/t14?,15?,16-,17?,19+/m0/s1. The quantitative estimate of drug-likeness (QED) is 0.611. The molecular weight excluding hydrogens is 334 g/mol. The lowest BCUT2D eigenvalue weighted by molar-refractivity contribution is -0.156. The number of carbonyl (C=O) groups excluding carboxylic acids is 1. The molecule has 2 saturated carbocycles. The lowest BCUT2D eigenvalue weighted by Gasteiger charge is -2.32. The number of carbonyl (C=O) groups is 1. The van der Waals surface area contributed by atoms with E-state index < -0.39 is 6.29 Å². The Balaban J connectivity index is 1.53. The van der Waals surface area contributed by atoms with Gasteiger partial charge in [-0.15, -0.1) is 0 Å². The number of rotatable bonds is 9. The fourth-order valence-electron chi connectivity index (χ4n) is 4.48. The van der Waals surface area contributed by atoms with Crippen LogP contribution in [0.2, 0.25) is 0 Å². The maximum Gasteiger partial charge on any atom is 0.286 e. The Morgan fingerprint density at radius 3 is 2.77 bits per heavy atom. The SMILES string of the molecule is CC(C)[C@H]1C=C(C(=O)NC2CC3CCC2C3)O[C@@H](OCCOCCO)C1. The van der Waals surface area contributed by atoms with Crippen LogP contribution in [-0.4, -0.2) is 49.8 Å². The fourth-order valence-corrected chi connectivity index (χ4v) is 4.48. The summed E-state index contributed by atoms with van der Waals surface area (Å²) in [6, 6.07) is 0.302. The van der Waals surface area contributed by atoms with Crippen LogP contribution in [0.15, 0.2) is 11.8 Å². The number of ether oxygens (including phenoxy) is 3. The molecule has 3 rings (SSSR count). The maximum atomic E-state index is 12.7. The second kappa shape index (κ2) is 9.20. The van der Waals surface area contributed by atoms with E-state index in [-0.39, 0.29) is 18.4 Å². The molecule has 3 aliphatic rings. The number of aliphatic hydroxyl groups excluding tert-OH is 1. The number of allylic oxidation sites excluding steroid dienone is 1. The molecule has 148 valence electrons. The molecule has 0 aromatic carbocycles. The van der Waals surface area contributed by atoms with Gasteiger partial charge in [-0.25, -0.2) is 0 Å². The minimum atomic E-state index is -0.425. The molecule has 0 aromatic heterocycles. The highest BCUT2D eigenvalue weighted by Gasteiger charge is 2.41. The molecule has 6 heteroatoms. The van der Waals surface area contributed by atoms with Gasteiger partial charge in [-0.2, -0.15) is 0 Å². The van der Waals surface area contributed by atoms with Crippen LogP contribution in [-0.2, 0) is 19.0 Å². The number of nitrogens with one attached hydrogen (secondary N) is 1. The van der Waals surface area contributed by atoms with Crippen molar-refractivity contribution in [2.24, 2.45) is 23.7 Å². The molecule has 2 bridgehead atoms. The maximum absolute atomic E-state index is 12.7. The van der Waals surface area contributed by atoms with Gasteiger partial charge in [-0.1, -0.05) is 20.3 Å². The van der Waals surface area contributed by atoms with Gasteiger partial charge in [0.2, 0.25) is 6.29 Å². The number of hydrogen-bond acceptors (Lipinski definition) is 5. The third-order valence-electron chi connectivity index (χ3n) is 5.99. The van der Waals surface area contributed by atoms with Crippen molar-refractivity contribution in [1.29, 1.82) is 0 Å². The zero-order valence-electron chi connectivity index (χ0n) is 16.0. The van der Waals surface area contributed by atoms with Crippen LogP contribution in [0.4, 0.5) is 0 Å². The fraction of sp³-hybridized carbons (Fsp3) is 0.850. The molecule has 1 aliphatic heterocycles. The van der Waals surface area contributed by atoms with Crippen LogP contribution >= 0.6 is 0 Å². The minimum absolute atomic E-state index is 0.00538. The Labute approximate surface area is 156 Å². The first kappa shape index (κ1) is 19.6. The Morgan fingerprint density at radius 2 is 2.12 bits per heavy atom. The van der Waals surface area contributed by atoms with E-state index in [1.807, 2.05) is 6.08 Å². The predicted molar refractivity (Wildman–Crippen MR) is 97.1 cm³/mol. The van der Waals surface area contributed by atoms with Crippen molar-refractivity contribution in [3.8, 4) is 0 Å². The summed E-state index contributed by atoms with van der Waals surface area (Å²) in [7, 11) is 0. The lowest BCUT2D eigenvalue weighted by atomic mass is 9.90. The molecule has 3 unspecified atom stereocenters. The molecule has 5 atom stereocenters. The second-order valence-corrected chi connectivity index (χ2v) is 8.18. The first-order chi connectivity index (χ1) is 12.6. The number of aliphatic hydroxyl groups is 1. The van der Waals surface area contributed by atoms with Crippen LogP contribution in [0.3, 0.4) is 0 Å². The normalized spacial score (nSPS) is 33.2. The van der Waals surface area contributed by atoms with Crippen molar-refractivity contribution in [3.63, 3.8) is 0 Å². The van der Waals surface area contributed by atoms with Crippen molar-refractivity contribution in [3.05, 3.63) is 11.8 Å². The van der Waals surface area contributed by atoms with Crippen LogP contribution in [0, 0.1) is 23.7 Å². The summed E-state index contributed by atoms with van der Waals surface area (Å²) in [6.45, 7) is 5.41. The second-order valence-electron chi connectivity index (χ2n) is 8.18. The molecule has 0 aromatic rings. The van der Waals surface area contributed by atoms with E-state index in [2.05, 4.69) is 19.2 Å². The number of amides is 1. The Morgan fingerprint density at radius 1 is 1.27 bits per heavy atom. The average Bonchev–Trinajstić information content (AvgIpc) is 3.24. The number of fused-ring (bicyclic) bond motifs is 2. The summed E-state index contributed by atoms with van der Waals surface area (Å²) in [5, 5.41) is 11.9. The summed E-state index contributed by atoms with van der Waals surface area (Å²) in [5.41, 5.74) is 0. The Kier molecular flexibility index (Phi) is 6.95. The third kappa shape index (κ3) is 4.99. The highest BCUT2D eigenvalue weighted by atomic mass is 16.7. The predicted octanol–water partition coefficient (Wildman–Crippen LogP) is 2.22. The highest BCUT2D eigenvalue weighted by molar-refractivity contribution is 5.91. The zero-order chi connectivity index (χ0) is 18.5. The molecular formula is C20H33NO5. The van der Waals surface area contributed by atoms with Crippen molar-refractivity contribution >= 4 is 5.91 Å². The van der Waals surface area contributed by atoms with Crippen molar-refractivity contribution < 1.29 is 24.1 Å². The van der Waals surface area contributed by atoms with Crippen LogP contribution in [0.1, 0.15) is 46.0 Å². The summed E-state index contributed by atoms with van der Waals surface area (Å²) in [4.78, 5) is 12.7. The van der Waals surface area contributed by atoms with Gasteiger partial charge in [-0.3, -0.25) is 4.79 Å². The largest absolute Gasteiger partial charge is 0.459 e. The number of hydrogen-bond donors (Lipinski definition) is 2.